The Balaban J connectivity index is 0.000000160. The summed E-state index contributed by atoms with van der Waals surface area (Å²) in [6, 6.07) is 0. The molecule has 0 aromatic rings. The van der Waals surface area contributed by atoms with Crippen LogP contribution in [0.3, 0.4) is 0 Å². The molecule has 0 aromatic heterocycles. The van der Waals surface area contributed by atoms with E-state index in [2.05, 4.69) is 18.6 Å². The fourth-order valence-corrected chi connectivity index (χ4v) is 0.136. The Kier molecular flexibility index (Phi) is 3.05. The molecule has 0 spiro atoms. The van der Waals surface area contributed by atoms with Gasteiger partial charge in [-0.1, -0.05) is 0 Å². The molecule has 0 aliphatic heterocycles. The Morgan fingerprint density at radius 1 is 1.60 bits per heavy atom. The SMILES string of the molecule is C1=CC[CH-]1.[Cd]. The second-order valence-corrected chi connectivity index (χ2v) is 0.900. The molecule has 0 N–H and O–H groups in total. The molecule has 0 radical (unpaired) electrons. The van der Waals surface area contributed by atoms with Crippen molar-refractivity contribution in [1.82, 2.24) is 0 Å². The van der Waals surface area contributed by atoms with E-state index in [9.17, 15) is 0 Å². The Bertz CT molecular complexity index is 32.9. The largest absolute Gasteiger partial charge is 0.243 e. The van der Waals surface area contributed by atoms with Gasteiger partial charge in [-0.3, -0.25) is 0 Å². The molecule has 0 nitrogen and oxygen atoms in total. The molecule has 1 aliphatic rings. The zero-order valence-electron chi connectivity index (χ0n) is 3.15. The number of hydrogen-bond acceptors (Lipinski definition) is 0. The molecule has 0 aromatic carbocycles. The molecule has 1 rings (SSSR count). The third-order valence-corrected chi connectivity index (χ3v) is 0.544. The van der Waals surface area contributed by atoms with Gasteiger partial charge in [-0.15, -0.1) is 0 Å². The van der Waals surface area contributed by atoms with Crippen LogP contribution in [0, 0.1) is 6.42 Å². The molecule has 1 heteroatoms. The van der Waals surface area contributed by atoms with Gasteiger partial charge < -0.3 is 0 Å². The maximum atomic E-state index is 2.12. The number of rotatable bonds is 0. The van der Waals surface area contributed by atoms with Gasteiger partial charge in [-0.25, -0.2) is 18.6 Å². The molecule has 0 unspecified atom stereocenters. The van der Waals surface area contributed by atoms with Crippen LogP contribution < -0.4 is 0 Å². The van der Waals surface area contributed by atoms with Gasteiger partial charge in [0.15, 0.2) is 0 Å². The van der Waals surface area contributed by atoms with Crippen molar-refractivity contribution in [3.8, 4) is 0 Å². The summed E-state index contributed by atoms with van der Waals surface area (Å²) in [5.74, 6) is 0. The molecular formula is C4H5Cd-. The van der Waals surface area contributed by atoms with E-state index < -0.39 is 0 Å². The molecule has 24 valence electrons. The van der Waals surface area contributed by atoms with Crippen molar-refractivity contribution in [3.05, 3.63) is 18.6 Å². The zero-order chi connectivity index (χ0) is 2.83. The molecule has 0 saturated heterocycles. The van der Waals surface area contributed by atoms with Crippen LogP contribution in [-0.2, 0) is 27.3 Å². The van der Waals surface area contributed by atoms with E-state index in [-0.39, 0.29) is 27.3 Å². The first-order chi connectivity index (χ1) is 2.00. The maximum absolute atomic E-state index is 2.12. The Morgan fingerprint density at radius 2 is 1.80 bits per heavy atom. The molecule has 0 fully saturated rings. The summed E-state index contributed by atoms with van der Waals surface area (Å²) >= 11 is 0. The van der Waals surface area contributed by atoms with Crippen molar-refractivity contribution in [3.63, 3.8) is 0 Å². The van der Waals surface area contributed by atoms with E-state index in [1.807, 2.05) is 0 Å². The fraction of sp³-hybridized carbons (Fsp3) is 0.250. The first-order valence-electron chi connectivity index (χ1n) is 1.48. The van der Waals surface area contributed by atoms with Crippen LogP contribution in [0.15, 0.2) is 12.2 Å². The minimum Gasteiger partial charge on any atom is -0.243 e. The Morgan fingerprint density at radius 3 is 1.80 bits per heavy atom. The van der Waals surface area contributed by atoms with Crippen molar-refractivity contribution in [1.29, 1.82) is 0 Å². The molecule has 0 bridgehead atoms. The predicted octanol–water partition coefficient (Wildman–Crippen LogP) is 1.15. The summed E-state index contributed by atoms with van der Waals surface area (Å²) in [7, 11) is 0. The van der Waals surface area contributed by atoms with Crippen LogP contribution >= 0.6 is 0 Å². The number of hydrogen-bond donors (Lipinski definition) is 0. The van der Waals surface area contributed by atoms with E-state index in [0.29, 0.717) is 0 Å². The van der Waals surface area contributed by atoms with Crippen molar-refractivity contribution in [2.45, 2.75) is 6.42 Å². The van der Waals surface area contributed by atoms with Gasteiger partial charge in [0.05, 0.1) is 0 Å². The normalized spacial score (nSPS) is 14.4. The van der Waals surface area contributed by atoms with Crippen LogP contribution in [0.1, 0.15) is 6.42 Å². The third-order valence-electron chi connectivity index (χ3n) is 0.544. The molecule has 0 amide bonds. The van der Waals surface area contributed by atoms with Gasteiger partial charge in [0.2, 0.25) is 0 Å². The molecular weight excluding hydrogens is 160 g/mol. The van der Waals surface area contributed by atoms with Crippen LogP contribution in [0.5, 0.6) is 0 Å². The van der Waals surface area contributed by atoms with E-state index in [1.54, 1.807) is 0 Å². The smallest absolute Gasteiger partial charge is 0 e. The second-order valence-electron chi connectivity index (χ2n) is 0.900. The van der Waals surface area contributed by atoms with Crippen molar-refractivity contribution >= 4 is 0 Å². The van der Waals surface area contributed by atoms with Crippen molar-refractivity contribution in [2.75, 3.05) is 0 Å². The van der Waals surface area contributed by atoms with E-state index in [0.717, 1.165) is 0 Å². The Labute approximate surface area is 52.4 Å². The van der Waals surface area contributed by atoms with Gasteiger partial charge >= 0.3 is 0 Å². The maximum Gasteiger partial charge on any atom is 0 e. The van der Waals surface area contributed by atoms with Crippen molar-refractivity contribution < 1.29 is 27.3 Å². The quantitative estimate of drug-likeness (QED) is 0.373. The summed E-state index contributed by atoms with van der Waals surface area (Å²) in [5, 5.41) is 0. The standard InChI is InChI=1S/C4H5.Cd/c1-2-4-3-1;/h1-3H,4H2;/q-1;. The summed E-state index contributed by atoms with van der Waals surface area (Å²) in [5.41, 5.74) is 0. The minimum absolute atomic E-state index is 0. The second kappa shape index (κ2) is 2.75. The molecule has 0 saturated carbocycles. The van der Waals surface area contributed by atoms with Gasteiger partial charge in [0, 0.05) is 27.3 Å². The van der Waals surface area contributed by atoms with Gasteiger partial charge in [0.1, 0.15) is 0 Å². The van der Waals surface area contributed by atoms with E-state index >= 15 is 0 Å². The van der Waals surface area contributed by atoms with Crippen molar-refractivity contribution in [2.24, 2.45) is 0 Å². The van der Waals surface area contributed by atoms with Gasteiger partial charge in [-0.2, -0.15) is 6.42 Å². The van der Waals surface area contributed by atoms with Gasteiger partial charge in [-0.05, 0) is 0 Å². The summed E-state index contributed by atoms with van der Waals surface area (Å²) in [6.07, 6.45) is 7.50. The minimum atomic E-state index is 0. The summed E-state index contributed by atoms with van der Waals surface area (Å²) < 4.78 is 0. The first-order valence-corrected chi connectivity index (χ1v) is 1.48. The number of allylic oxidation sites excluding steroid dienone is 2. The average molecular weight is 165 g/mol. The van der Waals surface area contributed by atoms with Crippen LogP contribution in [0.25, 0.3) is 0 Å². The first kappa shape index (κ1) is 5.53. The molecule has 1 aliphatic carbocycles. The van der Waals surface area contributed by atoms with Gasteiger partial charge in [0.25, 0.3) is 0 Å². The van der Waals surface area contributed by atoms with E-state index in [4.69, 9.17) is 0 Å². The molecule has 0 heterocycles. The fourth-order valence-electron chi connectivity index (χ4n) is 0.136. The topological polar surface area (TPSA) is 0 Å². The van der Waals surface area contributed by atoms with Crippen LogP contribution in [-0.4, -0.2) is 0 Å². The summed E-state index contributed by atoms with van der Waals surface area (Å²) in [6.45, 7) is 0. The Hall–Kier alpha value is 0.532. The van der Waals surface area contributed by atoms with E-state index in [1.165, 1.54) is 6.42 Å². The third kappa shape index (κ3) is 1.41. The monoisotopic (exact) mass is 167 g/mol. The summed E-state index contributed by atoms with van der Waals surface area (Å²) in [4.78, 5) is 0. The molecule has 0 atom stereocenters. The average Bonchev–Trinajstić information content (AvgIpc) is 0.722. The van der Waals surface area contributed by atoms with Crippen LogP contribution in [0.2, 0.25) is 0 Å². The predicted molar refractivity (Wildman–Crippen MR) is 18.1 cm³/mol. The molecule has 5 heavy (non-hydrogen) atoms. The van der Waals surface area contributed by atoms with Crippen LogP contribution in [0.4, 0.5) is 0 Å². The zero-order valence-corrected chi connectivity index (χ0v) is 7.18.